The first-order chi connectivity index (χ1) is 5.96. The van der Waals surface area contributed by atoms with Gasteiger partial charge < -0.3 is 10.2 Å². The molecular weight excluding hydrogens is 160 g/mol. The fraction of sp³-hybridized carbons (Fsp3) is 1.00. The van der Waals surface area contributed by atoms with Gasteiger partial charge in [-0.05, 0) is 40.8 Å². The SMILES string of the molecule is CCC(CC)N(C)CC(C)(C)NC. The highest BCUT2D eigenvalue weighted by Crippen LogP contribution is 2.10. The fourth-order valence-corrected chi connectivity index (χ4v) is 1.74. The van der Waals surface area contributed by atoms with Gasteiger partial charge in [0.15, 0.2) is 0 Å². The molecule has 13 heavy (non-hydrogen) atoms. The number of nitrogens with one attached hydrogen (secondary N) is 1. The van der Waals surface area contributed by atoms with Crippen molar-refractivity contribution in [3.63, 3.8) is 0 Å². The molecule has 0 aromatic heterocycles. The minimum Gasteiger partial charge on any atom is -0.314 e. The van der Waals surface area contributed by atoms with Crippen molar-refractivity contribution in [2.75, 3.05) is 20.6 Å². The zero-order chi connectivity index (χ0) is 10.5. The molecule has 0 bridgehead atoms. The molecule has 0 saturated heterocycles. The topological polar surface area (TPSA) is 15.3 Å². The molecule has 0 aliphatic heterocycles. The van der Waals surface area contributed by atoms with E-state index in [4.69, 9.17) is 0 Å². The van der Waals surface area contributed by atoms with Crippen LogP contribution >= 0.6 is 0 Å². The molecule has 1 N–H and O–H groups in total. The molecule has 0 atom stereocenters. The van der Waals surface area contributed by atoms with Gasteiger partial charge in [-0.25, -0.2) is 0 Å². The van der Waals surface area contributed by atoms with Gasteiger partial charge in [-0.15, -0.1) is 0 Å². The van der Waals surface area contributed by atoms with Gasteiger partial charge in [0.2, 0.25) is 0 Å². The normalized spacial score (nSPS) is 12.9. The summed E-state index contributed by atoms with van der Waals surface area (Å²) in [5, 5.41) is 3.33. The van der Waals surface area contributed by atoms with Crippen LogP contribution in [0.4, 0.5) is 0 Å². The number of rotatable bonds is 6. The highest BCUT2D eigenvalue weighted by Gasteiger charge is 2.20. The molecule has 0 rings (SSSR count). The molecule has 0 aliphatic rings. The summed E-state index contributed by atoms with van der Waals surface area (Å²) in [6.45, 7) is 10.1. The number of hydrogen-bond acceptors (Lipinski definition) is 2. The predicted molar refractivity (Wildman–Crippen MR) is 60.1 cm³/mol. The molecule has 2 nitrogen and oxygen atoms in total. The highest BCUT2D eigenvalue weighted by atomic mass is 15.2. The van der Waals surface area contributed by atoms with E-state index in [2.05, 4.69) is 45.0 Å². The van der Waals surface area contributed by atoms with Crippen molar-refractivity contribution in [1.82, 2.24) is 10.2 Å². The monoisotopic (exact) mass is 186 g/mol. The van der Waals surface area contributed by atoms with E-state index in [-0.39, 0.29) is 5.54 Å². The van der Waals surface area contributed by atoms with Gasteiger partial charge in [-0.1, -0.05) is 13.8 Å². The molecule has 0 saturated carbocycles. The molecule has 80 valence electrons. The predicted octanol–water partition coefficient (Wildman–Crippen LogP) is 2.10. The van der Waals surface area contributed by atoms with Crippen molar-refractivity contribution in [2.24, 2.45) is 0 Å². The Morgan fingerprint density at radius 1 is 1.23 bits per heavy atom. The lowest BCUT2D eigenvalue weighted by atomic mass is 10.0. The summed E-state index contributed by atoms with van der Waals surface area (Å²) in [7, 11) is 4.25. The highest BCUT2D eigenvalue weighted by molar-refractivity contribution is 4.81. The van der Waals surface area contributed by atoms with Crippen LogP contribution in [0.25, 0.3) is 0 Å². The van der Waals surface area contributed by atoms with E-state index in [0.29, 0.717) is 0 Å². The van der Waals surface area contributed by atoms with E-state index < -0.39 is 0 Å². The van der Waals surface area contributed by atoms with E-state index in [1.807, 2.05) is 7.05 Å². The number of likely N-dealkylation sites (N-methyl/N-ethyl adjacent to an activating group) is 2. The molecule has 0 aromatic carbocycles. The van der Waals surface area contributed by atoms with Crippen molar-refractivity contribution in [3.05, 3.63) is 0 Å². The maximum Gasteiger partial charge on any atom is 0.0249 e. The molecule has 0 unspecified atom stereocenters. The van der Waals surface area contributed by atoms with Crippen LogP contribution in [0.15, 0.2) is 0 Å². The first-order valence-electron chi connectivity index (χ1n) is 5.36. The summed E-state index contributed by atoms with van der Waals surface area (Å²) in [4.78, 5) is 2.45. The minimum absolute atomic E-state index is 0.220. The smallest absolute Gasteiger partial charge is 0.0249 e. The lowest BCUT2D eigenvalue weighted by Gasteiger charge is -2.34. The zero-order valence-electron chi connectivity index (χ0n) is 10.1. The Bertz CT molecular complexity index is 128. The fourth-order valence-electron chi connectivity index (χ4n) is 1.74. The maximum atomic E-state index is 3.33. The van der Waals surface area contributed by atoms with Gasteiger partial charge in [0, 0.05) is 18.1 Å². The largest absolute Gasteiger partial charge is 0.314 e. The van der Waals surface area contributed by atoms with Gasteiger partial charge in [-0.3, -0.25) is 0 Å². The van der Waals surface area contributed by atoms with E-state index >= 15 is 0 Å². The summed E-state index contributed by atoms with van der Waals surface area (Å²) < 4.78 is 0. The Balaban J connectivity index is 4.04. The van der Waals surface area contributed by atoms with Crippen molar-refractivity contribution < 1.29 is 0 Å². The summed E-state index contributed by atoms with van der Waals surface area (Å²) in [5.74, 6) is 0. The van der Waals surface area contributed by atoms with Gasteiger partial charge in [-0.2, -0.15) is 0 Å². The Hall–Kier alpha value is -0.0800. The molecular formula is C11H26N2. The summed E-state index contributed by atoms with van der Waals surface area (Å²) in [6, 6.07) is 0.729. The molecule has 0 radical (unpaired) electrons. The third-order valence-electron chi connectivity index (χ3n) is 2.89. The lowest BCUT2D eigenvalue weighted by molar-refractivity contribution is 0.178. The van der Waals surface area contributed by atoms with E-state index in [1.54, 1.807) is 0 Å². The molecule has 0 amide bonds. The van der Waals surface area contributed by atoms with Gasteiger partial charge in [0.25, 0.3) is 0 Å². The molecule has 0 aliphatic carbocycles. The van der Waals surface area contributed by atoms with Crippen LogP contribution in [0.1, 0.15) is 40.5 Å². The third-order valence-corrected chi connectivity index (χ3v) is 2.89. The van der Waals surface area contributed by atoms with Gasteiger partial charge in [0.05, 0.1) is 0 Å². The summed E-state index contributed by atoms with van der Waals surface area (Å²) >= 11 is 0. The van der Waals surface area contributed by atoms with E-state index in [0.717, 1.165) is 12.6 Å². The average molecular weight is 186 g/mol. The first kappa shape index (κ1) is 12.9. The second kappa shape index (κ2) is 5.61. The minimum atomic E-state index is 0.220. The zero-order valence-corrected chi connectivity index (χ0v) is 10.1. The Kier molecular flexibility index (Phi) is 5.57. The van der Waals surface area contributed by atoms with Crippen molar-refractivity contribution in [3.8, 4) is 0 Å². The molecule has 0 fully saturated rings. The van der Waals surface area contributed by atoms with Gasteiger partial charge >= 0.3 is 0 Å². The second-order valence-corrected chi connectivity index (χ2v) is 4.52. The Morgan fingerprint density at radius 3 is 2.00 bits per heavy atom. The molecule has 0 heterocycles. The van der Waals surface area contributed by atoms with Crippen LogP contribution in [-0.4, -0.2) is 37.1 Å². The van der Waals surface area contributed by atoms with Gasteiger partial charge in [0.1, 0.15) is 0 Å². The van der Waals surface area contributed by atoms with Crippen LogP contribution < -0.4 is 5.32 Å². The van der Waals surface area contributed by atoms with Crippen molar-refractivity contribution in [1.29, 1.82) is 0 Å². The molecule has 0 aromatic rings. The maximum absolute atomic E-state index is 3.33. The number of hydrogen-bond donors (Lipinski definition) is 1. The van der Waals surface area contributed by atoms with Crippen LogP contribution in [0.2, 0.25) is 0 Å². The molecule has 0 spiro atoms. The Labute approximate surface area is 83.7 Å². The van der Waals surface area contributed by atoms with E-state index in [1.165, 1.54) is 12.8 Å². The van der Waals surface area contributed by atoms with Crippen molar-refractivity contribution >= 4 is 0 Å². The van der Waals surface area contributed by atoms with Crippen LogP contribution in [0, 0.1) is 0 Å². The summed E-state index contributed by atoms with van der Waals surface area (Å²) in [6.07, 6.45) is 2.49. The quantitative estimate of drug-likeness (QED) is 0.683. The standard InChI is InChI=1S/C11H26N2/c1-7-10(8-2)13(6)9-11(3,4)12-5/h10,12H,7-9H2,1-6H3. The van der Waals surface area contributed by atoms with Crippen LogP contribution in [0.3, 0.4) is 0 Å². The second-order valence-electron chi connectivity index (χ2n) is 4.52. The first-order valence-corrected chi connectivity index (χ1v) is 5.36. The summed E-state index contributed by atoms with van der Waals surface area (Å²) in [5.41, 5.74) is 0.220. The van der Waals surface area contributed by atoms with Crippen LogP contribution in [0.5, 0.6) is 0 Å². The van der Waals surface area contributed by atoms with E-state index in [9.17, 15) is 0 Å². The molecule has 2 heteroatoms. The average Bonchev–Trinajstić information content (AvgIpc) is 2.06. The van der Waals surface area contributed by atoms with Crippen molar-refractivity contribution in [2.45, 2.75) is 52.1 Å². The third kappa shape index (κ3) is 4.63. The Morgan fingerprint density at radius 2 is 1.69 bits per heavy atom. The number of nitrogens with zero attached hydrogens (tertiary/aromatic N) is 1. The lowest BCUT2D eigenvalue weighted by Crippen LogP contribution is -2.48. The van der Waals surface area contributed by atoms with Crippen LogP contribution in [-0.2, 0) is 0 Å².